The number of nitrogens with zero attached hydrogens (tertiary/aromatic N) is 1. The SMILES string of the molecule is CNC(Cc1ccccc1Br)c1ccc(Cl)cn1. The van der Waals surface area contributed by atoms with Crippen molar-refractivity contribution in [3.8, 4) is 0 Å². The van der Waals surface area contributed by atoms with Gasteiger partial charge < -0.3 is 5.32 Å². The summed E-state index contributed by atoms with van der Waals surface area (Å²) in [5.74, 6) is 0. The van der Waals surface area contributed by atoms with Crippen LogP contribution in [0.3, 0.4) is 0 Å². The fraction of sp³-hybridized carbons (Fsp3) is 0.214. The summed E-state index contributed by atoms with van der Waals surface area (Å²) in [5, 5.41) is 3.95. The van der Waals surface area contributed by atoms with Gasteiger partial charge in [-0.15, -0.1) is 0 Å². The van der Waals surface area contributed by atoms with Crippen molar-refractivity contribution in [2.24, 2.45) is 0 Å². The largest absolute Gasteiger partial charge is 0.311 e. The van der Waals surface area contributed by atoms with Gasteiger partial charge in [-0.1, -0.05) is 45.7 Å². The van der Waals surface area contributed by atoms with Crippen LogP contribution in [0.5, 0.6) is 0 Å². The molecular formula is C14H14BrClN2. The molecule has 18 heavy (non-hydrogen) atoms. The highest BCUT2D eigenvalue weighted by Crippen LogP contribution is 2.23. The number of hydrogen-bond donors (Lipinski definition) is 1. The average Bonchev–Trinajstić information content (AvgIpc) is 2.39. The molecule has 0 radical (unpaired) electrons. The Bertz CT molecular complexity index is 513. The molecule has 1 unspecified atom stereocenters. The molecule has 0 bridgehead atoms. The molecule has 0 saturated heterocycles. The Morgan fingerprint density at radius 1 is 1.28 bits per heavy atom. The summed E-state index contributed by atoms with van der Waals surface area (Å²) in [4.78, 5) is 4.37. The lowest BCUT2D eigenvalue weighted by Gasteiger charge is -2.16. The molecule has 0 amide bonds. The van der Waals surface area contributed by atoms with Crippen molar-refractivity contribution in [1.29, 1.82) is 0 Å². The van der Waals surface area contributed by atoms with Crippen LogP contribution in [-0.2, 0) is 6.42 Å². The van der Waals surface area contributed by atoms with E-state index in [1.54, 1.807) is 6.20 Å². The summed E-state index contributed by atoms with van der Waals surface area (Å²) in [6.45, 7) is 0. The first-order chi connectivity index (χ1) is 8.70. The van der Waals surface area contributed by atoms with Gasteiger partial charge in [-0.2, -0.15) is 0 Å². The van der Waals surface area contributed by atoms with Crippen LogP contribution in [0.2, 0.25) is 5.02 Å². The molecule has 1 aromatic carbocycles. The fourth-order valence-electron chi connectivity index (χ4n) is 1.83. The fourth-order valence-corrected chi connectivity index (χ4v) is 2.39. The van der Waals surface area contributed by atoms with Crippen LogP contribution in [0.25, 0.3) is 0 Å². The molecule has 2 rings (SSSR count). The smallest absolute Gasteiger partial charge is 0.0589 e. The van der Waals surface area contributed by atoms with E-state index in [2.05, 4.69) is 38.4 Å². The number of hydrogen-bond acceptors (Lipinski definition) is 2. The number of rotatable bonds is 4. The molecule has 0 aliphatic carbocycles. The summed E-state index contributed by atoms with van der Waals surface area (Å²) in [7, 11) is 1.94. The molecule has 0 aliphatic rings. The number of halogens is 2. The number of aromatic nitrogens is 1. The maximum atomic E-state index is 5.85. The Kier molecular flexibility index (Phi) is 4.75. The van der Waals surface area contributed by atoms with E-state index >= 15 is 0 Å². The van der Waals surface area contributed by atoms with Gasteiger partial charge in [0.15, 0.2) is 0 Å². The quantitative estimate of drug-likeness (QED) is 0.919. The first-order valence-corrected chi connectivity index (χ1v) is 6.90. The van der Waals surface area contributed by atoms with Crippen LogP contribution in [0, 0.1) is 0 Å². The van der Waals surface area contributed by atoms with E-state index in [1.807, 2.05) is 31.3 Å². The maximum absolute atomic E-state index is 5.85. The molecule has 1 heterocycles. The standard InChI is InChI=1S/C14H14BrClN2/c1-17-14(13-7-6-11(16)9-18-13)8-10-4-2-3-5-12(10)15/h2-7,9,14,17H,8H2,1H3. The third-order valence-electron chi connectivity index (χ3n) is 2.84. The van der Waals surface area contributed by atoms with Gasteiger partial charge >= 0.3 is 0 Å². The second-order valence-corrected chi connectivity index (χ2v) is 5.33. The van der Waals surface area contributed by atoms with Gasteiger partial charge in [0, 0.05) is 10.7 Å². The van der Waals surface area contributed by atoms with Crippen molar-refractivity contribution in [3.63, 3.8) is 0 Å². The summed E-state index contributed by atoms with van der Waals surface area (Å²) in [5.41, 5.74) is 2.26. The topological polar surface area (TPSA) is 24.9 Å². The molecule has 4 heteroatoms. The van der Waals surface area contributed by atoms with E-state index in [0.717, 1.165) is 16.6 Å². The van der Waals surface area contributed by atoms with Crippen LogP contribution in [0.4, 0.5) is 0 Å². The summed E-state index contributed by atoms with van der Waals surface area (Å²) in [6, 6.07) is 12.2. The minimum Gasteiger partial charge on any atom is -0.311 e. The predicted molar refractivity (Wildman–Crippen MR) is 78.9 cm³/mol. The minimum absolute atomic E-state index is 0.181. The maximum Gasteiger partial charge on any atom is 0.0589 e. The molecule has 1 aromatic heterocycles. The Morgan fingerprint density at radius 3 is 2.67 bits per heavy atom. The molecular weight excluding hydrogens is 312 g/mol. The highest BCUT2D eigenvalue weighted by Gasteiger charge is 2.12. The van der Waals surface area contributed by atoms with Gasteiger partial charge in [0.05, 0.1) is 16.8 Å². The monoisotopic (exact) mass is 324 g/mol. The van der Waals surface area contributed by atoms with E-state index in [-0.39, 0.29) is 6.04 Å². The van der Waals surface area contributed by atoms with E-state index < -0.39 is 0 Å². The summed E-state index contributed by atoms with van der Waals surface area (Å²) < 4.78 is 1.12. The molecule has 2 nitrogen and oxygen atoms in total. The second-order valence-electron chi connectivity index (χ2n) is 4.04. The van der Waals surface area contributed by atoms with Gasteiger partial charge in [0.25, 0.3) is 0 Å². The zero-order valence-corrected chi connectivity index (χ0v) is 12.4. The zero-order chi connectivity index (χ0) is 13.0. The Balaban J connectivity index is 2.20. The average molecular weight is 326 g/mol. The highest BCUT2D eigenvalue weighted by atomic mass is 79.9. The Hall–Kier alpha value is -0.900. The van der Waals surface area contributed by atoms with Gasteiger partial charge in [-0.05, 0) is 37.2 Å². The van der Waals surface area contributed by atoms with Gasteiger partial charge in [-0.3, -0.25) is 4.98 Å². The van der Waals surface area contributed by atoms with Crippen molar-refractivity contribution < 1.29 is 0 Å². The number of pyridine rings is 1. The normalized spacial score (nSPS) is 12.4. The zero-order valence-electron chi connectivity index (χ0n) is 10.0. The van der Waals surface area contributed by atoms with Gasteiger partial charge in [0.2, 0.25) is 0 Å². The minimum atomic E-state index is 0.181. The molecule has 2 aromatic rings. The lowest BCUT2D eigenvalue weighted by Crippen LogP contribution is -2.20. The van der Waals surface area contributed by atoms with Gasteiger partial charge in [-0.25, -0.2) is 0 Å². The van der Waals surface area contributed by atoms with Crippen LogP contribution in [-0.4, -0.2) is 12.0 Å². The second kappa shape index (κ2) is 6.32. The highest BCUT2D eigenvalue weighted by molar-refractivity contribution is 9.10. The van der Waals surface area contributed by atoms with Crippen molar-refractivity contribution in [2.75, 3.05) is 7.05 Å². The number of likely N-dealkylation sites (N-methyl/N-ethyl adjacent to an activating group) is 1. The number of benzene rings is 1. The third kappa shape index (κ3) is 3.31. The lowest BCUT2D eigenvalue weighted by molar-refractivity contribution is 0.575. The van der Waals surface area contributed by atoms with E-state index in [4.69, 9.17) is 11.6 Å². The molecule has 1 atom stereocenters. The summed E-state index contributed by atoms with van der Waals surface area (Å²) in [6.07, 6.45) is 2.56. The van der Waals surface area contributed by atoms with Crippen LogP contribution in [0.1, 0.15) is 17.3 Å². The summed E-state index contributed by atoms with van der Waals surface area (Å²) >= 11 is 9.42. The first-order valence-electron chi connectivity index (χ1n) is 5.73. The number of nitrogens with one attached hydrogen (secondary N) is 1. The van der Waals surface area contributed by atoms with Crippen molar-refractivity contribution >= 4 is 27.5 Å². The Labute approximate surface area is 121 Å². The molecule has 94 valence electrons. The molecule has 0 spiro atoms. The van der Waals surface area contributed by atoms with Crippen molar-refractivity contribution in [1.82, 2.24) is 10.3 Å². The third-order valence-corrected chi connectivity index (χ3v) is 3.83. The van der Waals surface area contributed by atoms with Crippen LogP contribution < -0.4 is 5.32 Å². The van der Waals surface area contributed by atoms with Crippen LogP contribution >= 0.6 is 27.5 Å². The molecule has 0 fully saturated rings. The molecule has 1 N–H and O–H groups in total. The molecule has 0 saturated carbocycles. The van der Waals surface area contributed by atoms with Crippen molar-refractivity contribution in [2.45, 2.75) is 12.5 Å². The van der Waals surface area contributed by atoms with E-state index in [0.29, 0.717) is 5.02 Å². The predicted octanol–water partition coefficient (Wildman–Crippen LogP) is 4.00. The van der Waals surface area contributed by atoms with Crippen molar-refractivity contribution in [3.05, 3.63) is 63.3 Å². The van der Waals surface area contributed by atoms with Gasteiger partial charge in [0.1, 0.15) is 0 Å². The first kappa shape index (κ1) is 13.5. The molecule has 0 aliphatic heterocycles. The van der Waals surface area contributed by atoms with E-state index in [9.17, 15) is 0 Å². The van der Waals surface area contributed by atoms with E-state index in [1.165, 1.54) is 5.56 Å². The van der Waals surface area contributed by atoms with Crippen LogP contribution in [0.15, 0.2) is 47.1 Å². The lowest BCUT2D eigenvalue weighted by atomic mass is 10.0. The Morgan fingerprint density at radius 2 is 2.06 bits per heavy atom.